The third kappa shape index (κ3) is 6.16. The zero-order chi connectivity index (χ0) is 28.2. The van der Waals surface area contributed by atoms with E-state index >= 15 is 0 Å². The molecule has 6 aromatic rings. The molecule has 0 aliphatic heterocycles. The minimum Gasteiger partial charge on any atom is -0.366 e. The van der Waals surface area contributed by atoms with Crippen LogP contribution in [0.1, 0.15) is 11.1 Å². The fourth-order valence-electron chi connectivity index (χ4n) is 4.60. The van der Waals surface area contributed by atoms with Crippen molar-refractivity contribution in [3.05, 3.63) is 136 Å². The molecule has 0 spiro atoms. The molecule has 41 heavy (non-hydrogen) atoms. The highest BCUT2D eigenvalue weighted by molar-refractivity contribution is 9.10. The van der Waals surface area contributed by atoms with Gasteiger partial charge in [-0.3, -0.25) is 4.79 Å². The Morgan fingerprint density at radius 1 is 0.829 bits per heavy atom. The van der Waals surface area contributed by atoms with Gasteiger partial charge in [-0.05, 0) is 56.4 Å². The van der Waals surface area contributed by atoms with Crippen LogP contribution >= 0.6 is 27.5 Å². The van der Waals surface area contributed by atoms with E-state index < -0.39 is 0 Å². The van der Waals surface area contributed by atoms with Gasteiger partial charge >= 0.3 is 0 Å². The second kappa shape index (κ2) is 12.0. The van der Waals surface area contributed by atoms with Crippen molar-refractivity contribution in [2.45, 2.75) is 13.0 Å². The van der Waals surface area contributed by atoms with Gasteiger partial charge in [0.05, 0.1) is 22.8 Å². The Hall–Kier alpha value is -4.46. The molecule has 0 fully saturated rings. The number of nitrogens with one attached hydrogen (secondary N) is 2. The third-order valence-corrected chi connectivity index (χ3v) is 7.60. The van der Waals surface area contributed by atoms with Gasteiger partial charge in [0.1, 0.15) is 5.82 Å². The molecule has 1 amide bonds. The Labute approximate surface area is 251 Å². The summed E-state index contributed by atoms with van der Waals surface area (Å²) in [5.41, 5.74) is 7.35. The highest BCUT2D eigenvalue weighted by Gasteiger charge is 2.13. The zero-order valence-electron chi connectivity index (χ0n) is 21.9. The number of fused-ring (bicyclic) bond motifs is 1. The van der Waals surface area contributed by atoms with Crippen molar-refractivity contribution < 1.29 is 4.79 Å². The lowest BCUT2D eigenvalue weighted by molar-refractivity contribution is -0.115. The molecule has 8 heteroatoms. The molecular weight excluding hydrogens is 598 g/mol. The fourth-order valence-corrected chi connectivity index (χ4v) is 5.18. The smallest absolute Gasteiger partial charge is 0.228 e. The molecular formula is C33H25BrClN5O. The number of carbonyl (C=O) groups excluding carboxylic acids is 1. The SMILES string of the molecule is O=C(Cc1ccc(-c2ccccc2)cc1)Nc1ccc(CNc2cc(-c3ccccc3Cl)nc3c(Br)cnn23)cc1. The van der Waals surface area contributed by atoms with Gasteiger partial charge in [-0.1, -0.05) is 96.5 Å². The lowest BCUT2D eigenvalue weighted by Crippen LogP contribution is -2.14. The minimum absolute atomic E-state index is 0.0566. The summed E-state index contributed by atoms with van der Waals surface area (Å²) < 4.78 is 2.55. The molecule has 0 atom stereocenters. The molecule has 0 radical (unpaired) electrons. The zero-order valence-corrected chi connectivity index (χ0v) is 24.2. The van der Waals surface area contributed by atoms with Crippen LogP contribution in [0.4, 0.5) is 11.5 Å². The van der Waals surface area contributed by atoms with E-state index in [0.29, 0.717) is 23.6 Å². The number of nitrogens with zero attached hydrogens (tertiary/aromatic N) is 3. The Morgan fingerprint density at radius 3 is 2.27 bits per heavy atom. The van der Waals surface area contributed by atoms with Crippen LogP contribution in [0.2, 0.25) is 5.02 Å². The highest BCUT2D eigenvalue weighted by Crippen LogP contribution is 2.30. The van der Waals surface area contributed by atoms with Gasteiger partial charge in [-0.15, -0.1) is 0 Å². The van der Waals surface area contributed by atoms with Crippen molar-refractivity contribution >= 4 is 50.6 Å². The maximum absolute atomic E-state index is 12.7. The van der Waals surface area contributed by atoms with Crippen LogP contribution in [0.25, 0.3) is 28.0 Å². The van der Waals surface area contributed by atoms with E-state index in [1.54, 1.807) is 10.7 Å². The summed E-state index contributed by atoms with van der Waals surface area (Å²) in [6.45, 7) is 0.556. The molecule has 0 aliphatic carbocycles. The topological polar surface area (TPSA) is 71.3 Å². The van der Waals surface area contributed by atoms with Gasteiger partial charge in [0.15, 0.2) is 5.65 Å². The van der Waals surface area contributed by atoms with Crippen molar-refractivity contribution in [1.29, 1.82) is 0 Å². The second-order valence-corrected chi connectivity index (χ2v) is 10.8. The van der Waals surface area contributed by atoms with Crippen LogP contribution in [0, 0.1) is 0 Å². The Bertz CT molecular complexity index is 1820. The van der Waals surface area contributed by atoms with Gasteiger partial charge in [0, 0.05) is 28.9 Å². The Balaban J connectivity index is 1.10. The molecule has 4 aromatic carbocycles. The maximum Gasteiger partial charge on any atom is 0.228 e. The molecule has 6 rings (SSSR count). The Morgan fingerprint density at radius 2 is 1.51 bits per heavy atom. The lowest BCUT2D eigenvalue weighted by atomic mass is 10.0. The van der Waals surface area contributed by atoms with Crippen LogP contribution in [0.3, 0.4) is 0 Å². The highest BCUT2D eigenvalue weighted by atomic mass is 79.9. The Kier molecular flexibility index (Phi) is 7.80. The van der Waals surface area contributed by atoms with Crippen LogP contribution in [-0.4, -0.2) is 20.5 Å². The number of hydrogen-bond acceptors (Lipinski definition) is 4. The summed E-state index contributed by atoms with van der Waals surface area (Å²) in [7, 11) is 0. The standard InChI is InChI=1S/C33H25BrClN5O/c34-28-21-37-40-31(19-30(39-33(28)40)27-8-4-5-9-29(27)35)36-20-23-12-16-26(17-13-23)38-32(41)18-22-10-14-25(15-11-22)24-6-2-1-3-7-24/h1-17,19,21,36H,18,20H2,(H,38,41). The number of anilines is 2. The van der Waals surface area contributed by atoms with Crippen LogP contribution in [0.5, 0.6) is 0 Å². The first-order valence-corrected chi connectivity index (χ1v) is 14.3. The van der Waals surface area contributed by atoms with Crippen LogP contribution < -0.4 is 10.6 Å². The first kappa shape index (κ1) is 26.7. The van der Waals surface area contributed by atoms with Gasteiger partial charge < -0.3 is 10.6 Å². The molecule has 0 unspecified atom stereocenters. The molecule has 2 N–H and O–H groups in total. The number of carbonyl (C=O) groups is 1. The second-order valence-electron chi connectivity index (χ2n) is 9.57. The number of rotatable bonds is 8. The lowest BCUT2D eigenvalue weighted by Gasteiger charge is -2.12. The summed E-state index contributed by atoms with van der Waals surface area (Å²) in [6, 6.07) is 35.7. The summed E-state index contributed by atoms with van der Waals surface area (Å²) in [5.74, 6) is 0.727. The van der Waals surface area contributed by atoms with Crippen LogP contribution in [0.15, 0.2) is 120 Å². The third-order valence-electron chi connectivity index (χ3n) is 6.72. The molecule has 202 valence electrons. The first-order valence-electron chi connectivity index (χ1n) is 13.1. The van der Waals surface area contributed by atoms with Crippen molar-refractivity contribution in [3.8, 4) is 22.4 Å². The number of aromatic nitrogens is 3. The van der Waals surface area contributed by atoms with Gasteiger partial charge in [-0.2, -0.15) is 9.61 Å². The number of hydrogen-bond donors (Lipinski definition) is 2. The van der Waals surface area contributed by atoms with Gasteiger partial charge in [0.25, 0.3) is 0 Å². The predicted octanol–water partition coefficient (Wildman–Crippen LogP) is 8.27. The van der Waals surface area contributed by atoms with E-state index in [2.05, 4.69) is 55.9 Å². The quantitative estimate of drug-likeness (QED) is 0.179. The van der Waals surface area contributed by atoms with Crippen molar-refractivity contribution in [2.75, 3.05) is 10.6 Å². The van der Waals surface area contributed by atoms with E-state index in [0.717, 1.165) is 49.5 Å². The first-order chi connectivity index (χ1) is 20.0. The van der Waals surface area contributed by atoms with Crippen molar-refractivity contribution in [3.63, 3.8) is 0 Å². The van der Waals surface area contributed by atoms with E-state index in [4.69, 9.17) is 16.6 Å². The fraction of sp³-hybridized carbons (Fsp3) is 0.0606. The van der Waals surface area contributed by atoms with E-state index in [1.165, 1.54) is 0 Å². The maximum atomic E-state index is 12.7. The predicted molar refractivity (Wildman–Crippen MR) is 169 cm³/mol. The van der Waals surface area contributed by atoms with Gasteiger partial charge in [-0.25, -0.2) is 4.98 Å². The van der Waals surface area contributed by atoms with E-state index in [-0.39, 0.29) is 5.91 Å². The normalized spacial score (nSPS) is 11.0. The summed E-state index contributed by atoms with van der Waals surface area (Å²) in [6.07, 6.45) is 2.03. The average molecular weight is 623 g/mol. The number of halogens is 2. The largest absolute Gasteiger partial charge is 0.366 e. The summed E-state index contributed by atoms with van der Waals surface area (Å²) >= 11 is 9.99. The minimum atomic E-state index is -0.0566. The number of amides is 1. The molecule has 0 saturated carbocycles. The monoisotopic (exact) mass is 621 g/mol. The summed E-state index contributed by atoms with van der Waals surface area (Å²) in [4.78, 5) is 17.4. The number of benzene rings is 4. The van der Waals surface area contributed by atoms with Crippen molar-refractivity contribution in [1.82, 2.24) is 14.6 Å². The van der Waals surface area contributed by atoms with Gasteiger partial charge in [0.2, 0.25) is 5.91 Å². The molecule has 0 saturated heterocycles. The molecule has 2 heterocycles. The van der Waals surface area contributed by atoms with E-state index in [1.807, 2.05) is 84.9 Å². The average Bonchev–Trinajstić information content (AvgIpc) is 3.38. The van der Waals surface area contributed by atoms with Crippen molar-refractivity contribution in [2.24, 2.45) is 0 Å². The molecule has 6 nitrogen and oxygen atoms in total. The molecule has 0 aliphatic rings. The molecule has 2 aromatic heterocycles. The van der Waals surface area contributed by atoms with E-state index in [9.17, 15) is 4.79 Å². The molecule has 0 bridgehead atoms. The van der Waals surface area contributed by atoms with Crippen LogP contribution in [-0.2, 0) is 17.8 Å². The summed E-state index contributed by atoms with van der Waals surface area (Å²) in [5, 5.41) is 11.5.